The molecule has 0 aliphatic heterocycles. The molecule has 1 unspecified atom stereocenters. The van der Waals surface area contributed by atoms with E-state index < -0.39 is 27.0 Å². The van der Waals surface area contributed by atoms with E-state index in [0.29, 0.717) is 17.8 Å². The van der Waals surface area contributed by atoms with Gasteiger partial charge in [0.2, 0.25) is 0 Å². The minimum absolute atomic E-state index is 0.141. The maximum atomic E-state index is 11.9. The van der Waals surface area contributed by atoms with E-state index >= 15 is 0 Å². The van der Waals surface area contributed by atoms with Gasteiger partial charge >= 0.3 is 11.0 Å². The van der Waals surface area contributed by atoms with Crippen molar-refractivity contribution in [2.45, 2.75) is 30.0 Å². The average Bonchev–Trinajstić information content (AvgIpc) is 2.78. The van der Waals surface area contributed by atoms with Crippen LogP contribution >= 0.6 is 11.3 Å². The van der Waals surface area contributed by atoms with Gasteiger partial charge < -0.3 is 5.11 Å². The Morgan fingerprint density at radius 3 is 2.63 bits per heavy atom. The van der Waals surface area contributed by atoms with Gasteiger partial charge in [0, 0.05) is 6.07 Å². The van der Waals surface area contributed by atoms with Crippen LogP contribution in [-0.2, 0) is 14.8 Å². The maximum absolute atomic E-state index is 11.9. The van der Waals surface area contributed by atoms with Crippen molar-refractivity contribution in [2.24, 2.45) is 0 Å². The fourth-order valence-corrected chi connectivity index (χ4v) is 3.67. The lowest BCUT2D eigenvalue weighted by molar-refractivity contribution is -0.380. The zero-order valence-corrected chi connectivity index (χ0v) is 11.5. The largest absolute Gasteiger partial charge is 0.480 e. The summed E-state index contributed by atoms with van der Waals surface area (Å²) in [6.07, 6.45) is 0.631. The molecule has 0 fully saturated rings. The highest BCUT2D eigenvalue weighted by atomic mass is 32.2. The van der Waals surface area contributed by atoms with Gasteiger partial charge in [0.1, 0.15) is 10.3 Å². The molecule has 0 radical (unpaired) electrons. The first-order chi connectivity index (χ1) is 8.77. The Labute approximate surface area is 113 Å². The van der Waals surface area contributed by atoms with Crippen LogP contribution in [0.3, 0.4) is 0 Å². The average molecular weight is 308 g/mol. The third-order valence-corrected chi connectivity index (χ3v) is 5.19. The second-order valence-corrected chi connectivity index (χ2v) is 6.65. The van der Waals surface area contributed by atoms with E-state index in [4.69, 9.17) is 5.11 Å². The normalized spacial score (nSPS) is 13.1. The van der Waals surface area contributed by atoms with E-state index in [-0.39, 0.29) is 15.6 Å². The summed E-state index contributed by atoms with van der Waals surface area (Å²) in [5.74, 6) is -1.28. The van der Waals surface area contributed by atoms with Crippen molar-refractivity contribution in [2.75, 3.05) is 0 Å². The van der Waals surface area contributed by atoms with Gasteiger partial charge in [0.15, 0.2) is 0 Å². The number of nitro groups is 1. The second kappa shape index (κ2) is 6.08. The highest BCUT2D eigenvalue weighted by molar-refractivity contribution is 7.91. The molecular weight excluding hydrogens is 296 g/mol. The molecule has 0 aromatic carbocycles. The summed E-state index contributed by atoms with van der Waals surface area (Å²) in [5, 5.41) is 19.0. The van der Waals surface area contributed by atoms with Crippen molar-refractivity contribution >= 4 is 32.3 Å². The Kier molecular flexibility index (Phi) is 4.97. The Hall–Kier alpha value is -1.52. The molecule has 0 aliphatic carbocycles. The fourth-order valence-electron chi connectivity index (χ4n) is 1.32. The third-order valence-electron chi connectivity index (χ3n) is 2.18. The quantitative estimate of drug-likeness (QED) is 0.575. The van der Waals surface area contributed by atoms with E-state index in [9.17, 15) is 23.3 Å². The summed E-state index contributed by atoms with van der Waals surface area (Å²) in [7, 11) is -4.06. The Morgan fingerprint density at radius 1 is 1.58 bits per heavy atom. The SMILES string of the molecule is CCCC(NS(=O)(=O)c1ccc([N+](=O)[O-])s1)C(=O)O. The number of rotatable bonds is 7. The molecule has 0 amide bonds. The molecule has 1 rings (SSSR count). The predicted molar refractivity (Wildman–Crippen MR) is 67.6 cm³/mol. The lowest BCUT2D eigenvalue weighted by Crippen LogP contribution is -2.40. The first kappa shape index (κ1) is 15.5. The molecule has 0 saturated carbocycles. The van der Waals surface area contributed by atoms with Gasteiger partial charge in [0.25, 0.3) is 10.0 Å². The van der Waals surface area contributed by atoms with Crippen molar-refractivity contribution in [3.63, 3.8) is 0 Å². The molecule has 106 valence electrons. The molecule has 0 bridgehead atoms. The summed E-state index contributed by atoms with van der Waals surface area (Å²) in [4.78, 5) is 20.7. The van der Waals surface area contributed by atoms with E-state index in [2.05, 4.69) is 0 Å². The monoisotopic (exact) mass is 308 g/mol. The van der Waals surface area contributed by atoms with Crippen LogP contribution < -0.4 is 4.72 Å². The van der Waals surface area contributed by atoms with E-state index in [1.807, 2.05) is 4.72 Å². The van der Waals surface area contributed by atoms with Crippen molar-refractivity contribution in [3.8, 4) is 0 Å². The maximum Gasteiger partial charge on any atom is 0.325 e. The topological polar surface area (TPSA) is 127 Å². The number of carboxylic acids is 1. The number of thiophene rings is 1. The number of hydrogen-bond donors (Lipinski definition) is 2. The van der Waals surface area contributed by atoms with E-state index in [0.717, 1.165) is 12.1 Å². The molecule has 1 aromatic rings. The van der Waals surface area contributed by atoms with Gasteiger partial charge in [-0.15, -0.1) is 0 Å². The summed E-state index contributed by atoms with van der Waals surface area (Å²) in [6.45, 7) is 1.72. The van der Waals surface area contributed by atoms with Gasteiger partial charge in [-0.2, -0.15) is 4.72 Å². The van der Waals surface area contributed by atoms with Crippen LogP contribution in [0.4, 0.5) is 5.00 Å². The Morgan fingerprint density at radius 2 is 2.21 bits per heavy atom. The second-order valence-electron chi connectivity index (χ2n) is 3.65. The molecule has 1 aromatic heterocycles. The number of aliphatic carboxylic acids is 1. The highest BCUT2D eigenvalue weighted by Gasteiger charge is 2.27. The molecule has 19 heavy (non-hydrogen) atoms. The number of carbonyl (C=O) groups is 1. The Balaban J connectivity index is 2.96. The lowest BCUT2D eigenvalue weighted by Gasteiger charge is -2.12. The summed E-state index contributed by atoms with van der Waals surface area (Å²) < 4.78 is 25.5. The van der Waals surface area contributed by atoms with Gasteiger partial charge in [0.05, 0.1) is 4.92 Å². The van der Waals surface area contributed by atoms with Gasteiger partial charge in [-0.3, -0.25) is 14.9 Å². The van der Waals surface area contributed by atoms with E-state index in [1.165, 1.54) is 0 Å². The zero-order chi connectivity index (χ0) is 14.6. The molecule has 0 saturated heterocycles. The lowest BCUT2D eigenvalue weighted by atomic mass is 10.2. The highest BCUT2D eigenvalue weighted by Crippen LogP contribution is 2.27. The number of nitrogens with one attached hydrogen (secondary N) is 1. The smallest absolute Gasteiger partial charge is 0.325 e. The number of sulfonamides is 1. The Bertz CT molecular complexity index is 579. The minimum atomic E-state index is -4.06. The minimum Gasteiger partial charge on any atom is -0.480 e. The van der Waals surface area contributed by atoms with Gasteiger partial charge in [-0.25, -0.2) is 8.42 Å². The van der Waals surface area contributed by atoms with Crippen LogP contribution in [0.15, 0.2) is 16.3 Å². The van der Waals surface area contributed by atoms with Crippen LogP contribution in [0.2, 0.25) is 0 Å². The van der Waals surface area contributed by atoms with Crippen LogP contribution in [-0.4, -0.2) is 30.5 Å². The van der Waals surface area contributed by atoms with Gasteiger partial charge in [-0.1, -0.05) is 13.3 Å². The zero-order valence-electron chi connectivity index (χ0n) is 9.90. The van der Waals surface area contributed by atoms with Crippen molar-refractivity contribution in [3.05, 3.63) is 22.2 Å². The van der Waals surface area contributed by atoms with Crippen LogP contribution in [0.25, 0.3) is 0 Å². The molecular formula is C9H12N2O6S2. The predicted octanol–water partition coefficient (Wildman–Crippen LogP) is 1.19. The first-order valence-corrected chi connectivity index (χ1v) is 7.57. The molecule has 1 heterocycles. The molecule has 0 aliphatic rings. The van der Waals surface area contributed by atoms with Crippen LogP contribution in [0, 0.1) is 10.1 Å². The fraction of sp³-hybridized carbons (Fsp3) is 0.444. The number of nitrogens with zero attached hydrogens (tertiary/aromatic N) is 1. The summed E-state index contributed by atoms with van der Waals surface area (Å²) in [6, 6.07) is 0.904. The first-order valence-electron chi connectivity index (χ1n) is 5.27. The van der Waals surface area contributed by atoms with Crippen LogP contribution in [0.5, 0.6) is 0 Å². The number of carboxylic acid groups (broad SMARTS) is 1. The standard InChI is InChI=1S/C9H12N2O6S2/c1-2-3-6(9(12)13)10-19(16,17)8-5-4-7(18-8)11(14)15/h4-6,10H,2-3H2,1H3,(H,12,13). The molecule has 1 atom stereocenters. The molecule has 8 nitrogen and oxygen atoms in total. The molecule has 2 N–H and O–H groups in total. The molecule has 10 heteroatoms. The van der Waals surface area contributed by atoms with Crippen LogP contribution in [0.1, 0.15) is 19.8 Å². The summed E-state index contributed by atoms with van der Waals surface area (Å²) >= 11 is 0.477. The van der Waals surface area contributed by atoms with Crippen molar-refractivity contribution in [1.29, 1.82) is 0 Å². The van der Waals surface area contributed by atoms with Crippen molar-refractivity contribution in [1.82, 2.24) is 4.72 Å². The third kappa shape index (κ3) is 3.98. The molecule has 0 spiro atoms. The van der Waals surface area contributed by atoms with E-state index in [1.54, 1.807) is 6.92 Å². The van der Waals surface area contributed by atoms with Crippen molar-refractivity contribution < 1.29 is 23.2 Å². The van der Waals surface area contributed by atoms with Gasteiger partial charge in [-0.05, 0) is 23.8 Å². The summed E-state index contributed by atoms with van der Waals surface area (Å²) in [5.41, 5.74) is 0. The number of hydrogen-bond acceptors (Lipinski definition) is 6.